The zero-order valence-electron chi connectivity index (χ0n) is 36.4. The summed E-state index contributed by atoms with van der Waals surface area (Å²) >= 11 is 0. The van der Waals surface area contributed by atoms with Gasteiger partial charge in [0.2, 0.25) is 0 Å². The van der Waals surface area contributed by atoms with Crippen molar-refractivity contribution in [1.82, 2.24) is 9.88 Å². The van der Waals surface area contributed by atoms with E-state index in [1.165, 1.54) is 6.92 Å². The van der Waals surface area contributed by atoms with Crippen LogP contribution in [0.4, 0.5) is 0 Å². The third-order valence-electron chi connectivity index (χ3n) is 11.9. The van der Waals surface area contributed by atoms with E-state index in [0.717, 1.165) is 5.75 Å². The molecule has 2 aromatic rings. The van der Waals surface area contributed by atoms with Gasteiger partial charge >= 0.3 is 11.9 Å². The van der Waals surface area contributed by atoms with E-state index in [4.69, 9.17) is 28.5 Å². The Balaban J connectivity index is 1.76. The smallest absolute Gasteiger partial charge is 0.312 e. The number of nitrogens with zero attached hydrogens (tertiary/aromatic N) is 2. The number of hydrogen-bond acceptors (Lipinski definition) is 14. The number of aromatic nitrogens is 1. The van der Waals surface area contributed by atoms with Crippen molar-refractivity contribution in [2.24, 2.45) is 28.8 Å². The van der Waals surface area contributed by atoms with Crippen molar-refractivity contribution in [2.75, 3.05) is 27.3 Å². The zero-order chi connectivity index (χ0) is 43.7. The molecule has 4 rings (SSSR count). The highest BCUT2D eigenvalue weighted by Gasteiger charge is 2.52. The number of oxime groups is 1. The molecule has 2 aliphatic rings. The number of aliphatic hydroxyl groups excluding tert-OH is 2. The van der Waals surface area contributed by atoms with Crippen LogP contribution in [0.25, 0.3) is 0 Å². The molecule has 0 amide bonds. The first-order valence-electron chi connectivity index (χ1n) is 21.0. The largest absolute Gasteiger partial charge is 0.493 e. The van der Waals surface area contributed by atoms with Crippen LogP contribution < -0.4 is 4.74 Å². The van der Waals surface area contributed by atoms with Gasteiger partial charge in [0.25, 0.3) is 0 Å². The predicted molar refractivity (Wildman–Crippen MR) is 220 cm³/mol. The number of carbonyl (C=O) groups is 2. The van der Waals surface area contributed by atoms with Gasteiger partial charge in [-0.3, -0.25) is 9.59 Å². The van der Waals surface area contributed by atoms with Gasteiger partial charge in [-0.2, -0.15) is 0 Å². The molecule has 59 heavy (non-hydrogen) atoms. The minimum absolute atomic E-state index is 0.0326. The summed E-state index contributed by atoms with van der Waals surface area (Å²) in [6, 6.07) is 12.5. The Morgan fingerprint density at radius 3 is 2.32 bits per heavy atom. The molecular weight excluding hydrogens is 762 g/mol. The Morgan fingerprint density at radius 2 is 1.69 bits per heavy atom. The van der Waals surface area contributed by atoms with E-state index in [1.54, 1.807) is 52.9 Å². The molecule has 1 aromatic carbocycles. The second-order valence-corrected chi connectivity index (χ2v) is 17.2. The SMILES string of the molecule is CC[C@H]1OC(=O)[C@H](C)[C@@H](OC(=O)Cc2ccc[nH]2)[C@H](C)[C@@H](O[C@@H]2O[C@H](C)C[C@H](N(C)C)[C@H]2O)C(C)(O)C[C@@H](C)/C(=N\OCCCOc2ccccc2)[C@H](C)[C@@H](O)[C@]1(C)O. The highest BCUT2D eigenvalue weighted by atomic mass is 16.7. The first-order valence-corrected chi connectivity index (χ1v) is 21.0. The molecule has 5 N–H and O–H groups in total. The first kappa shape index (κ1) is 48.1. The molecule has 15 heteroatoms. The minimum atomic E-state index is -1.97. The normalized spacial score (nSPS) is 37.1. The van der Waals surface area contributed by atoms with Crippen LogP contribution in [0.2, 0.25) is 0 Å². The number of cyclic esters (lactones) is 1. The summed E-state index contributed by atoms with van der Waals surface area (Å²) in [6.45, 7) is 13.9. The van der Waals surface area contributed by atoms with Crippen molar-refractivity contribution in [3.8, 4) is 5.75 Å². The van der Waals surface area contributed by atoms with Crippen molar-refractivity contribution in [2.45, 2.75) is 148 Å². The van der Waals surface area contributed by atoms with E-state index in [0.29, 0.717) is 30.9 Å². The van der Waals surface area contributed by atoms with Crippen LogP contribution in [-0.2, 0) is 39.8 Å². The number of hydrogen-bond donors (Lipinski definition) is 5. The lowest BCUT2D eigenvalue weighted by Gasteiger charge is -2.47. The van der Waals surface area contributed by atoms with Crippen molar-refractivity contribution >= 4 is 17.7 Å². The van der Waals surface area contributed by atoms with Gasteiger partial charge in [-0.25, -0.2) is 0 Å². The molecular formula is C44H69N3O12. The lowest BCUT2D eigenvalue weighted by molar-refractivity contribution is -0.299. The molecule has 15 nitrogen and oxygen atoms in total. The van der Waals surface area contributed by atoms with Gasteiger partial charge in [0.15, 0.2) is 6.29 Å². The van der Waals surface area contributed by atoms with Gasteiger partial charge < -0.3 is 58.8 Å². The van der Waals surface area contributed by atoms with E-state index in [-0.39, 0.29) is 38.0 Å². The second kappa shape index (κ2) is 21.3. The number of ether oxygens (including phenoxy) is 5. The molecule has 2 aliphatic heterocycles. The van der Waals surface area contributed by atoms with Crippen molar-refractivity contribution < 1.29 is 58.5 Å². The third kappa shape index (κ3) is 12.5. The van der Waals surface area contributed by atoms with Gasteiger partial charge in [-0.1, -0.05) is 51.0 Å². The van der Waals surface area contributed by atoms with Crippen molar-refractivity contribution in [3.63, 3.8) is 0 Å². The molecule has 0 saturated carbocycles. The van der Waals surface area contributed by atoms with Gasteiger partial charge in [0.05, 0.1) is 48.6 Å². The summed E-state index contributed by atoms with van der Waals surface area (Å²) in [6.07, 6.45) is -5.09. The summed E-state index contributed by atoms with van der Waals surface area (Å²) in [5.41, 5.74) is -2.81. The second-order valence-electron chi connectivity index (χ2n) is 17.2. The Labute approximate surface area is 349 Å². The molecule has 1 aromatic heterocycles. The number of rotatable bonds is 13. The fourth-order valence-electron chi connectivity index (χ4n) is 8.57. The lowest BCUT2D eigenvalue weighted by atomic mass is 9.73. The molecule has 14 atom stereocenters. The van der Waals surface area contributed by atoms with E-state index < -0.39 is 83.6 Å². The average molecular weight is 832 g/mol. The summed E-state index contributed by atoms with van der Waals surface area (Å²) < 4.78 is 30.8. The highest BCUT2D eigenvalue weighted by molar-refractivity contribution is 5.88. The number of aromatic amines is 1. The Kier molecular flexibility index (Phi) is 17.4. The maximum Gasteiger partial charge on any atom is 0.312 e. The van der Waals surface area contributed by atoms with Gasteiger partial charge in [0.1, 0.15) is 36.3 Å². The van der Waals surface area contributed by atoms with Gasteiger partial charge in [-0.15, -0.1) is 0 Å². The topological polar surface area (TPSA) is 202 Å². The van der Waals surface area contributed by atoms with Crippen LogP contribution in [0.3, 0.4) is 0 Å². The number of carbonyl (C=O) groups excluding carboxylic acids is 2. The summed E-state index contributed by atoms with van der Waals surface area (Å²) in [7, 11) is 3.71. The monoisotopic (exact) mass is 831 g/mol. The van der Waals surface area contributed by atoms with Crippen LogP contribution in [0.1, 0.15) is 86.8 Å². The first-order chi connectivity index (χ1) is 27.8. The fourth-order valence-corrected chi connectivity index (χ4v) is 8.57. The van der Waals surface area contributed by atoms with E-state index >= 15 is 0 Å². The Morgan fingerprint density at radius 1 is 1.00 bits per heavy atom. The molecule has 0 radical (unpaired) electrons. The summed E-state index contributed by atoms with van der Waals surface area (Å²) in [5.74, 6) is -4.22. The van der Waals surface area contributed by atoms with Crippen molar-refractivity contribution in [3.05, 3.63) is 54.4 Å². The summed E-state index contributed by atoms with van der Waals surface area (Å²) in [4.78, 5) is 38.4. The molecule has 0 spiro atoms. The molecule has 2 saturated heterocycles. The van der Waals surface area contributed by atoms with Crippen LogP contribution in [0.15, 0.2) is 53.8 Å². The molecule has 0 bridgehead atoms. The zero-order valence-corrected chi connectivity index (χ0v) is 36.4. The molecule has 2 fully saturated rings. The van der Waals surface area contributed by atoms with Gasteiger partial charge in [0, 0.05) is 42.1 Å². The van der Waals surface area contributed by atoms with Crippen LogP contribution >= 0.6 is 0 Å². The van der Waals surface area contributed by atoms with Crippen molar-refractivity contribution in [1.29, 1.82) is 0 Å². The van der Waals surface area contributed by atoms with Gasteiger partial charge in [-0.05, 0) is 85.3 Å². The van der Waals surface area contributed by atoms with E-state index in [1.807, 2.05) is 63.2 Å². The quantitative estimate of drug-likeness (QED) is 0.109. The number of esters is 2. The minimum Gasteiger partial charge on any atom is -0.493 e. The molecule has 3 heterocycles. The Hall–Kier alpha value is -3.57. The number of likely N-dealkylation sites (N-methyl/N-ethyl adjacent to an activating group) is 1. The number of para-hydroxylation sites is 1. The maximum absolute atomic E-state index is 14.1. The van der Waals surface area contributed by atoms with Crippen LogP contribution in [0.5, 0.6) is 5.75 Å². The van der Waals surface area contributed by atoms with Crippen LogP contribution in [-0.4, -0.2) is 135 Å². The van der Waals surface area contributed by atoms with E-state index in [2.05, 4.69) is 10.1 Å². The highest BCUT2D eigenvalue weighted by Crippen LogP contribution is 2.39. The fraction of sp³-hybridized carbons (Fsp3) is 0.705. The predicted octanol–water partition coefficient (Wildman–Crippen LogP) is 4.25. The van der Waals surface area contributed by atoms with E-state index in [9.17, 15) is 30.0 Å². The Bertz CT molecular complexity index is 1620. The number of benzene rings is 1. The molecule has 332 valence electrons. The average Bonchev–Trinajstić information content (AvgIpc) is 3.70. The number of H-pyrrole nitrogens is 1. The third-order valence-corrected chi connectivity index (χ3v) is 11.9. The number of nitrogens with one attached hydrogen (secondary N) is 1. The van der Waals surface area contributed by atoms with Crippen LogP contribution in [0, 0.1) is 23.7 Å². The lowest BCUT2D eigenvalue weighted by Crippen LogP contribution is -2.60. The summed E-state index contributed by atoms with van der Waals surface area (Å²) in [5, 5.41) is 52.6. The molecule has 1 unspecified atom stereocenters. The molecule has 0 aliphatic carbocycles. The number of aliphatic hydroxyl groups is 4. The standard InChI is InChI=1S/C44H69N3O12/c1-11-34-44(8,53)39(50)28(4)36(46-55-22-16-21-54-32-18-13-12-14-19-32)26(2)25-43(7,52)40(59-42-37(49)33(47(9)10)23-27(3)56-42)29(5)38(30(6)41(51)57-34)58-35(48)24-31-17-15-20-45-31/h12-15,17-20,26-30,33-34,37-40,42,45,49-50,52-53H,11,16,21-25H2,1-10H3/b46-36+/t26-,27-,28+,29+,30-,33+,34-,37-,38+,39-,40-,42+,43?,44-/m1/s1. The maximum atomic E-state index is 14.1.